The lowest BCUT2D eigenvalue weighted by Crippen LogP contribution is -2.29. The Labute approximate surface area is 118 Å². The van der Waals surface area contributed by atoms with E-state index in [0.29, 0.717) is 4.88 Å². The molecule has 0 aliphatic heterocycles. The van der Waals surface area contributed by atoms with Crippen molar-refractivity contribution in [3.8, 4) is 0 Å². The lowest BCUT2D eigenvalue weighted by molar-refractivity contribution is 0.0957. The first-order valence-corrected chi connectivity index (χ1v) is 7.79. The summed E-state index contributed by atoms with van der Waals surface area (Å²) in [6, 6.07) is 3.86. The van der Waals surface area contributed by atoms with Gasteiger partial charge in [-0.25, -0.2) is 5.84 Å². The van der Waals surface area contributed by atoms with Crippen molar-refractivity contribution in [3.63, 3.8) is 0 Å². The van der Waals surface area contributed by atoms with E-state index in [9.17, 15) is 4.79 Å². The fourth-order valence-electron chi connectivity index (χ4n) is 2.80. The van der Waals surface area contributed by atoms with E-state index in [0.717, 1.165) is 19.0 Å². The number of nitrogens with one attached hydrogen (secondary N) is 1. The van der Waals surface area contributed by atoms with E-state index in [1.54, 1.807) is 0 Å². The molecule has 0 radical (unpaired) electrons. The Bertz CT molecular complexity index is 413. The number of nitrogen functional groups attached to an aromatic ring is 1. The summed E-state index contributed by atoms with van der Waals surface area (Å²) in [7, 11) is 2.16. The Kier molecular flexibility index (Phi) is 5.36. The summed E-state index contributed by atoms with van der Waals surface area (Å²) < 4.78 is 0. The Morgan fingerprint density at radius 2 is 2.16 bits per heavy atom. The van der Waals surface area contributed by atoms with Crippen LogP contribution in [-0.4, -0.2) is 24.4 Å². The van der Waals surface area contributed by atoms with E-state index in [4.69, 9.17) is 5.84 Å². The van der Waals surface area contributed by atoms with E-state index < -0.39 is 0 Å². The molecule has 5 heteroatoms. The zero-order valence-corrected chi connectivity index (χ0v) is 12.3. The average Bonchev–Trinajstić information content (AvgIpc) is 2.87. The van der Waals surface area contributed by atoms with Gasteiger partial charge in [0.25, 0.3) is 5.91 Å². The maximum absolute atomic E-state index is 11.4. The van der Waals surface area contributed by atoms with Crippen molar-refractivity contribution >= 4 is 17.2 Å². The molecule has 1 amide bonds. The van der Waals surface area contributed by atoms with Gasteiger partial charge in [-0.15, -0.1) is 11.3 Å². The molecule has 1 fully saturated rings. The predicted molar refractivity (Wildman–Crippen MR) is 78.9 cm³/mol. The molecule has 0 aromatic carbocycles. The van der Waals surface area contributed by atoms with Crippen molar-refractivity contribution in [2.45, 2.75) is 38.6 Å². The predicted octanol–water partition coefficient (Wildman–Crippen LogP) is 2.36. The van der Waals surface area contributed by atoms with Crippen molar-refractivity contribution < 1.29 is 4.79 Å². The van der Waals surface area contributed by atoms with Crippen LogP contribution in [0.2, 0.25) is 0 Å². The monoisotopic (exact) mass is 281 g/mol. The van der Waals surface area contributed by atoms with Gasteiger partial charge in [0.05, 0.1) is 4.88 Å². The number of hydrogen-bond acceptors (Lipinski definition) is 4. The molecule has 106 valence electrons. The third-order valence-electron chi connectivity index (χ3n) is 3.74. The molecular formula is C14H23N3OS. The Balaban J connectivity index is 1.82. The molecule has 1 saturated carbocycles. The van der Waals surface area contributed by atoms with Gasteiger partial charge >= 0.3 is 0 Å². The van der Waals surface area contributed by atoms with Crippen LogP contribution >= 0.6 is 11.3 Å². The van der Waals surface area contributed by atoms with Crippen LogP contribution in [0.25, 0.3) is 0 Å². The molecule has 1 aliphatic carbocycles. The smallest absolute Gasteiger partial charge is 0.275 e. The number of nitrogens with two attached hydrogens (primary N) is 1. The molecule has 1 aromatic heterocycles. The first-order chi connectivity index (χ1) is 9.19. The maximum atomic E-state index is 11.4. The minimum absolute atomic E-state index is 0.203. The first-order valence-electron chi connectivity index (χ1n) is 6.97. The van der Waals surface area contributed by atoms with E-state index in [-0.39, 0.29) is 5.91 Å². The quantitative estimate of drug-likeness (QED) is 0.495. The molecule has 4 nitrogen and oxygen atoms in total. The van der Waals surface area contributed by atoms with Crippen LogP contribution in [0, 0.1) is 5.92 Å². The molecule has 1 heterocycles. The normalized spacial score (nSPS) is 16.8. The minimum Gasteiger partial charge on any atom is -0.301 e. The van der Waals surface area contributed by atoms with E-state index >= 15 is 0 Å². The topological polar surface area (TPSA) is 58.4 Å². The molecule has 0 unspecified atom stereocenters. The molecule has 3 N–H and O–H groups in total. The summed E-state index contributed by atoms with van der Waals surface area (Å²) >= 11 is 1.52. The first kappa shape index (κ1) is 14.5. The zero-order valence-electron chi connectivity index (χ0n) is 11.5. The molecule has 0 bridgehead atoms. The largest absolute Gasteiger partial charge is 0.301 e. The zero-order chi connectivity index (χ0) is 13.7. The third-order valence-corrected chi connectivity index (χ3v) is 4.81. The molecular weight excluding hydrogens is 258 g/mol. The highest BCUT2D eigenvalue weighted by molar-refractivity contribution is 7.14. The molecule has 0 spiro atoms. The second-order valence-corrected chi connectivity index (χ2v) is 6.61. The van der Waals surface area contributed by atoms with Crippen molar-refractivity contribution in [2.75, 3.05) is 13.6 Å². The molecule has 19 heavy (non-hydrogen) atoms. The fourth-order valence-corrected chi connectivity index (χ4v) is 3.79. The highest BCUT2D eigenvalue weighted by Gasteiger charge is 2.16. The standard InChI is InChI=1S/C14H23N3OS/c1-17(9-11-5-3-2-4-6-11)10-12-7-8-13(19-12)14(18)16-15/h7-8,11H,2-6,9-10,15H2,1H3,(H,16,18). The summed E-state index contributed by atoms with van der Waals surface area (Å²) in [6.07, 6.45) is 6.92. The van der Waals surface area contributed by atoms with E-state index in [1.165, 1.54) is 48.3 Å². The van der Waals surface area contributed by atoms with Crippen LogP contribution in [0.5, 0.6) is 0 Å². The Morgan fingerprint density at radius 1 is 1.42 bits per heavy atom. The van der Waals surface area contributed by atoms with Gasteiger partial charge in [0.2, 0.25) is 0 Å². The molecule has 1 aliphatic rings. The molecule has 0 atom stereocenters. The highest BCUT2D eigenvalue weighted by Crippen LogP contribution is 2.25. The number of hydrogen-bond donors (Lipinski definition) is 2. The van der Waals surface area contributed by atoms with Crippen LogP contribution in [-0.2, 0) is 6.54 Å². The van der Waals surface area contributed by atoms with Crippen molar-refractivity contribution in [1.29, 1.82) is 0 Å². The van der Waals surface area contributed by atoms with Crippen molar-refractivity contribution in [2.24, 2.45) is 11.8 Å². The van der Waals surface area contributed by atoms with Crippen LogP contribution in [0.4, 0.5) is 0 Å². The molecule has 2 rings (SSSR count). The van der Waals surface area contributed by atoms with E-state index in [1.807, 2.05) is 12.1 Å². The van der Waals surface area contributed by atoms with Crippen LogP contribution in [0.1, 0.15) is 46.7 Å². The SMILES string of the molecule is CN(Cc1ccc(C(=O)NN)s1)CC1CCCCC1. The van der Waals surface area contributed by atoms with Gasteiger partial charge in [-0.05, 0) is 37.9 Å². The number of thiophene rings is 1. The highest BCUT2D eigenvalue weighted by atomic mass is 32.1. The number of nitrogens with zero attached hydrogens (tertiary/aromatic N) is 1. The van der Waals surface area contributed by atoms with Crippen LogP contribution in [0.3, 0.4) is 0 Å². The lowest BCUT2D eigenvalue weighted by Gasteiger charge is -2.26. The second kappa shape index (κ2) is 7.03. The van der Waals surface area contributed by atoms with Gasteiger partial charge in [-0.1, -0.05) is 19.3 Å². The van der Waals surface area contributed by atoms with Gasteiger partial charge in [-0.3, -0.25) is 10.2 Å². The second-order valence-electron chi connectivity index (χ2n) is 5.44. The summed E-state index contributed by atoms with van der Waals surface area (Å²) in [5, 5.41) is 0. The van der Waals surface area contributed by atoms with Crippen molar-refractivity contribution in [3.05, 3.63) is 21.9 Å². The Morgan fingerprint density at radius 3 is 2.84 bits per heavy atom. The van der Waals surface area contributed by atoms with Gasteiger partial charge in [0.15, 0.2) is 0 Å². The number of hydrazine groups is 1. The summed E-state index contributed by atoms with van der Waals surface area (Å²) in [5.41, 5.74) is 2.17. The van der Waals surface area contributed by atoms with E-state index in [2.05, 4.69) is 17.4 Å². The maximum Gasteiger partial charge on any atom is 0.275 e. The summed E-state index contributed by atoms with van der Waals surface area (Å²) in [5.74, 6) is 5.78. The lowest BCUT2D eigenvalue weighted by atomic mass is 9.89. The molecule has 1 aromatic rings. The number of carbonyl (C=O) groups is 1. The fraction of sp³-hybridized carbons (Fsp3) is 0.643. The third kappa shape index (κ3) is 4.30. The summed E-state index contributed by atoms with van der Waals surface area (Å²) in [6.45, 7) is 2.08. The van der Waals surface area contributed by atoms with Crippen LogP contribution in [0.15, 0.2) is 12.1 Å². The number of amides is 1. The summed E-state index contributed by atoms with van der Waals surface area (Å²) in [4.78, 5) is 15.7. The van der Waals surface area contributed by atoms with Gasteiger partial charge in [0, 0.05) is 18.0 Å². The molecule has 0 saturated heterocycles. The van der Waals surface area contributed by atoms with Gasteiger partial charge in [-0.2, -0.15) is 0 Å². The number of rotatable bonds is 5. The van der Waals surface area contributed by atoms with Gasteiger partial charge < -0.3 is 4.90 Å². The number of carbonyl (C=O) groups excluding carboxylic acids is 1. The van der Waals surface area contributed by atoms with Crippen LogP contribution < -0.4 is 11.3 Å². The van der Waals surface area contributed by atoms with Crippen molar-refractivity contribution in [1.82, 2.24) is 10.3 Å². The Hall–Kier alpha value is -0.910. The average molecular weight is 281 g/mol. The minimum atomic E-state index is -0.203. The van der Waals surface area contributed by atoms with Gasteiger partial charge in [0.1, 0.15) is 0 Å².